The molecule has 0 aliphatic carbocycles. The topological polar surface area (TPSA) is 72.6 Å². The first-order valence-corrected chi connectivity index (χ1v) is 7.10. The molecule has 0 saturated heterocycles. The van der Waals surface area contributed by atoms with Crippen molar-refractivity contribution in [2.45, 2.75) is 19.6 Å². The van der Waals surface area contributed by atoms with Gasteiger partial charge in [0.2, 0.25) is 0 Å². The van der Waals surface area contributed by atoms with Crippen molar-refractivity contribution in [2.24, 2.45) is 0 Å². The van der Waals surface area contributed by atoms with E-state index in [0.717, 1.165) is 10.0 Å². The number of ether oxygens (including phenoxy) is 1. The maximum Gasteiger partial charge on any atom is 0.270 e. The average Bonchev–Trinajstić information content (AvgIpc) is 2.44. The Balaban J connectivity index is 2.21. The van der Waals surface area contributed by atoms with Crippen LogP contribution in [-0.2, 0) is 6.61 Å². The van der Waals surface area contributed by atoms with Crippen LogP contribution < -0.4 is 4.74 Å². The third-order valence-electron chi connectivity index (χ3n) is 2.94. The van der Waals surface area contributed by atoms with E-state index in [4.69, 9.17) is 4.74 Å². The van der Waals surface area contributed by atoms with Gasteiger partial charge in [-0.05, 0) is 30.7 Å². The number of hydrogen-bond acceptors (Lipinski definition) is 4. The standard InChI is InChI=1S/C15H14BrNO4/c1-10(18)14-8-13(17(19)20)5-6-15(14)21-9-11-3-2-4-12(16)7-11/h2-8,10,18H,9H2,1H3. The number of aliphatic hydroxyl groups is 1. The molecule has 0 amide bonds. The average molecular weight is 352 g/mol. The molecule has 1 unspecified atom stereocenters. The second-order valence-electron chi connectivity index (χ2n) is 4.57. The summed E-state index contributed by atoms with van der Waals surface area (Å²) < 4.78 is 6.62. The second-order valence-corrected chi connectivity index (χ2v) is 5.49. The summed E-state index contributed by atoms with van der Waals surface area (Å²) in [6.07, 6.45) is -0.845. The van der Waals surface area contributed by atoms with Crippen molar-refractivity contribution in [3.8, 4) is 5.75 Å². The Morgan fingerprint density at radius 3 is 2.71 bits per heavy atom. The molecule has 6 heteroatoms. The fourth-order valence-electron chi connectivity index (χ4n) is 1.90. The maximum atomic E-state index is 10.8. The normalized spacial score (nSPS) is 12.0. The maximum absolute atomic E-state index is 10.8. The quantitative estimate of drug-likeness (QED) is 0.652. The summed E-state index contributed by atoms with van der Waals surface area (Å²) in [6.45, 7) is 1.86. The number of nitro groups is 1. The summed E-state index contributed by atoms with van der Waals surface area (Å²) in [5.74, 6) is 0.440. The van der Waals surface area contributed by atoms with Crippen LogP contribution in [0.4, 0.5) is 5.69 Å². The Labute approximate surface area is 130 Å². The van der Waals surface area contributed by atoms with Crippen LogP contribution in [0.25, 0.3) is 0 Å². The van der Waals surface area contributed by atoms with Crippen LogP contribution in [0.1, 0.15) is 24.2 Å². The van der Waals surface area contributed by atoms with E-state index < -0.39 is 11.0 Å². The minimum Gasteiger partial charge on any atom is -0.489 e. The molecule has 0 aliphatic rings. The molecule has 0 radical (unpaired) electrons. The Kier molecular flexibility index (Phi) is 4.93. The lowest BCUT2D eigenvalue weighted by Gasteiger charge is -2.13. The van der Waals surface area contributed by atoms with Crippen molar-refractivity contribution in [1.82, 2.24) is 0 Å². The Hall–Kier alpha value is -1.92. The molecular weight excluding hydrogens is 338 g/mol. The minimum atomic E-state index is -0.845. The zero-order valence-electron chi connectivity index (χ0n) is 11.3. The van der Waals surface area contributed by atoms with Gasteiger partial charge in [-0.15, -0.1) is 0 Å². The van der Waals surface area contributed by atoms with Gasteiger partial charge in [0.1, 0.15) is 12.4 Å². The molecule has 0 bridgehead atoms. The second kappa shape index (κ2) is 6.69. The third-order valence-corrected chi connectivity index (χ3v) is 3.43. The highest BCUT2D eigenvalue weighted by atomic mass is 79.9. The van der Waals surface area contributed by atoms with Gasteiger partial charge in [0, 0.05) is 22.2 Å². The van der Waals surface area contributed by atoms with Crippen LogP contribution in [0.5, 0.6) is 5.75 Å². The molecule has 0 aromatic heterocycles. The molecule has 1 atom stereocenters. The van der Waals surface area contributed by atoms with Gasteiger partial charge in [0.15, 0.2) is 0 Å². The molecule has 0 saturated carbocycles. The van der Waals surface area contributed by atoms with Crippen LogP contribution in [0, 0.1) is 10.1 Å². The number of nitrogens with zero attached hydrogens (tertiary/aromatic N) is 1. The number of rotatable bonds is 5. The van der Waals surface area contributed by atoms with Crippen molar-refractivity contribution < 1.29 is 14.8 Å². The first kappa shape index (κ1) is 15.5. The van der Waals surface area contributed by atoms with E-state index in [1.807, 2.05) is 24.3 Å². The van der Waals surface area contributed by atoms with Crippen LogP contribution in [0.2, 0.25) is 0 Å². The zero-order valence-corrected chi connectivity index (χ0v) is 12.9. The molecule has 0 heterocycles. The Morgan fingerprint density at radius 1 is 1.33 bits per heavy atom. The first-order valence-electron chi connectivity index (χ1n) is 6.31. The predicted molar refractivity (Wildman–Crippen MR) is 82.2 cm³/mol. The lowest BCUT2D eigenvalue weighted by atomic mass is 10.1. The van der Waals surface area contributed by atoms with Gasteiger partial charge in [-0.2, -0.15) is 0 Å². The molecule has 2 rings (SSSR count). The number of non-ortho nitro benzene ring substituents is 1. The summed E-state index contributed by atoms with van der Waals surface area (Å²) in [5, 5.41) is 20.5. The third kappa shape index (κ3) is 4.03. The van der Waals surface area contributed by atoms with E-state index in [1.54, 1.807) is 6.92 Å². The monoisotopic (exact) mass is 351 g/mol. The highest BCUT2D eigenvalue weighted by Gasteiger charge is 2.15. The van der Waals surface area contributed by atoms with E-state index in [1.165, 1.54) is 18.2 Å². The summed E-state index contributed by atoms with van der Waals surface area (Å²) in [5.41, 5.74) is 1.29. The largest absolute Gasteiger partial charge is 0.489 e. The van der Waals surface area contributed by atoms with Gasteiger partial charge < -0.3 is 9.84 Å². The van der Waals surface area contributed by atoms with E-state index in [-0.39, 0.29) is 5.69 Å². The van der Waals surface area contributed by atoms with E-state index in [9.17, 15) is 15.2 Å². The number of halogens is 1. The zero-order chi connectivity index (χ0) is 15.4. The van der Waals surface area contributed by atoms with Crippen molar-refractivity contribution in [3.63, 3.8) is 0 Å². The molecule has 2 aromatic carbocycles. The van der Waals surface area contributed by atoms with Gasteiger partial charge >= 0.3 is 0 Å². The van der Waals surface area contributed by atoms with Crippen molar-refractivity contribution >= 4 is 21.6 Å². The van der Waals surface area contributed by atoms with Gasteiger partial charge in [0.05, 0.1) is 11.0 Å². The molecule has 2 aromatic rings. The minimum absolute atomic E-state index is 0.0688. The SMILES string of the molecule is CC(O)c1cc([N+](=O)[O-])ccc1OCc1cccc(Br)c1. The Bertz CT molecular complexity index is 658. The van der Waals surface area contributed by atoms with Crippen LogP contribution in [0.15, 0.2) is 46.9 Å². The first-order chi connectivity index (χ1) is 9.97. The summed E-state index contributed by atoms with van der Waals surface area (Å²) in [7, 11) is 0. The molecule has 21 heavy (non-hydrogen) atoms. The van der Waals surface area contributed by atoms with Gasteiger partial charge in [-0.25, -0.2) is 0 Å². The summed E-state index contributed by atoms with van der Waals surface area (Å²) >= 11 is 3.38. The molecular formula is C15H14BrNO4. The van der Waals surface area contributed by atoms with Crippen LogP contribution in [-0.4, -0.2) is 10.0 Å². The van der Waals surface area contributed by atoms with Crippen molar-refractivity contribution in [1.29, 1.82) is 0 Å². The van der Waals surface area contributed by atoms with E-state index >= 15 is 0 Å². The molecule has 1 N–H and O–H groups in total. The molecule has 0 spiro atoms. The molecule has 0 aliphatic heterocycles. The van der Waals surface area contributed by atoms with E-state index in [0.29, 0.717) is 17.9 Å². The lowest BCUT2D eigenvalue weighted by molar-refractivity contribution is -0.385. The number of nitro benzene ring substituents is 1. The molecule has 0 fully saturated rings. The lowest BCUT2D eigenvalue weighted by Crippen LogP contribution is -2.02. The van der Waals surface area contributed by atoms with Gasteiger partial charge in [0.25, 0.3) is 5.69 Å². The summed E-state index contributed by atoms with van der Waals surface area (Å²) in [4.78, 5) is 10.3. The number of hydrogen-bond donors (Lipinski definition) is 1. The molecule has 110 valence electrons. The number of aliphatic hydroxyl groups excluding tert-OH is 1. The van der Waals surface area contributed by atoms with Crippen LogP contribution >= 0.6 is 15.9 Å². The predicted octanol–water partition coefficient (Wildman–Crippen LogP) is 3.99. The van der Waals surface area contributed by atoms with Gasteiger partial charge in [-0.1, -0.05) is 28.1 Å². The van der Waals surface area contributed by atoms with Crippen molar-refractivity contribution in [3.05, 3.63) is 68.2 Å². The van der Waals surface area contributed by atoms with Gasteiger partial charge in [-0.3, -0.25) is 10.1 Å². The van der Waals surface area contributed by atoms with Crippen LogP contribution in [0.3, 0.4) is 0 Å². The number of benzene rings is 2. The van der Waals surface area contributed by atoms with E-state index in [2.05, 4.69) is 15.9 Å². The summed E-state index contributed by atoms with van der Waals surface area (Å²) in [6, 6.07) is 11.9. The van der Waals surface area contributed by atoms with Crippen molar-refractivity contribution in [2.75, 3.05) is 0 Å². The smallest absolute Gasteiger partial charge is 0.270 e. The highest BCUT2D eigenvalue weighted by Crippen LogP contribution is 2.30. The Morgan fingerprint density at radius 2 is 2.10 bits per heavy atom. The fourth-order valence-corrected chi connectivity index (χ4v) is 2.34. The highest BCUT2D eigenvalue weighted by molar-refractivity contribution is 9.10. The fraction of sp³-hybridized carbons (Fsp3) is 0.200. The molecule has 5 nitrogen and oxygen atoms in total.